The molecule has 3 atom stereocenters. The topological polar surface area (TPSA) is 79.5 Å². The maximum Gasteiger partial charge on any atom is 0.265 e. The molecule has 6 nitrogen and oxygen atoms in total. The fourth-order valence-electron chi connectivity index (χ4n) is 3.00. The first kappa shape index (κ1) is 19.5. The first-order valence-electron chi connectivity index (χ1n) is 8.62. The smallest absolute Gasteiger partial charge is 0.265 e. The van der Waals surface area contributed by atoms with Gasteiger partial charge in [-0.1, -0.05) is 19.9 Å². The van der Waals surface area contributed by atoms with Gasteiger partial charge in [-0.2, -0.15) is 0 Å². The number of halogens is 1. The van der Waals surface area contributed by atoms with E-state index in [9.17, 15) is 9.59 Å². The van der Waals surface area contributed by atoms with E-state index in [2.05, 4.69) is 16.0 Å². The number of amides is 2. The number of hydrogen-bond acceptors (Lipinski definition) is 4. The lowest BCUT2D eigenvalue weighted by molar-refractivity contribution is -0.127. The van der Waals surface area contributed by atoms with Gasteiger partial charge in [-0.05, 0) is 50.0 Å². The molecule has 1 aromatic rings. The number of hydrogen-bond donors (Lipinski definition) is 3. The molecule has 1 saturated heterocycles. The third-order valence-electron chi connectivity index (χ3n) is 4.99. The molecule has 0 radical (unpaired) electrons. The van der Waals surface area contributed by atoms with Crippen molar-refractivity contribution in [2.75, 3.05) is 18.4 Å². The van der Waals surface area contributed by atoms with Gasteiger partial charge in [0, 0.05) is 5.92 Å². The average Bonchev–Trinajstić information content (AvgIpc) is 2.51. The maximum absolute atomic E-state index is 12.4. The molecule has 2 aliphatic rings. The van der Waals surface area contributed by atoms with Crippen LogP contribution in [0.2, 0.25) is 0 Å². The van der Waals surface area contributed by atoms with Crippen LogP contribution >= 0.6 is 12.4 Å². The number of nitrogens with one attached hydrogen (secondary N) is 3. The van der Waals surface area contributed by atoms with Crippen LogP contribution in [-0.2, 0) is 9.59 Å². The van der Waals surface area contributed by atoms with E-state index in [0.717, 1.165) is 18.7 Å². The van der Waals surface area contributed by atoms with Crippen molar-refractivity contribution in [2.45, 2.75) is 39.3 Å². The van der Waals surface area contributed by atoms with E-state index in [1.165, 1.54) is 0 Å². The highest BCUT2D eigenvalue weighted by Crippen LogP contribution is 2.33. The van der Waals surface area contributed by atoms with Gasteiger partial charge >= 0.3 is 0 Å². The van der Waals surface area contributed by atoms with Gasteiger partial charge in [0.05, 0.1) is 11.7 Å². The number of anilines is 1. The summed E-state index contributed by atoms with van der Waals surface area (Å²) in [6.07, 6.45) is 0.165. The largest absolute Gasteiger partial charge is 0.478 e. The number of benzene rings is 1. The maximum atomic E-state index is 12.4. The van der Waals surface area contributed by atoms with Crippen molar-refractivity contribution in [3.63, 3.8) is 0 Å². The summed E-state index contributed by atoms with van der Waals surface area (Å²) in [5.74, 6) is 1.06. The van der Waals surface area contributed by atoms with E-state index < -0.39 is 6.10 Å². The van der Waals surface area contributed by atoms with E-state index in [0.29, 0.717) is 23.8 Å². The van der Waals surface area contributed by atoms with E-state index >= 15 is 0 Å². The van der Waals surface area contributed by atoms with E-state index in [1.807, 2.05) is 39.0 Å². The Morgan fingerprint density at radius 3 is 2.68 bits per heavy atom. The van der Waals surface area contributed by atoms with Crippen molar-refractivity contribution in [2.24, 2.45) is 11.8 Å². The summed E-state index contributed by atoms with van der Waals surface area (Å²) in [6.45, 7) is 7.68. The van der Waals surface area contributed by atoms with Crippen LogP contribution in [0.1, 0.15) is 38.8 Å². The summed E-state index contributed by atoms with van der Waals surface area (Å²) >= 11 is 0. The second-order valence-corrected chi connectivity index (χ2v) is 6.70. The molecular formula is C18H26ClN3O3. The Bertz CT molecular complexity index is 648. The Morgan fingerprint density at radius 1 is 1.36 bits per heavy atom. The second kappa shape index (κ2) is 8.06. The zero-order valence-electron chi connectivity index (χ0n) is 14.8. The van der Waals surface area contributed by atoms with Crippen molar-refractivity contribution in [3.05, 3.63) is 23.8 Å². The quantitative estimate of drug-likeness (QED) is 0.745. The summed E-state index contributed by atoms with van der Waals surface area (Å²) in [5, 5.41) is 9.13. The molecule has 2 aliphatic heterocycles. The normalized spacial score (nSPS) is 21.6. The SMILES string of the molecule is CCC1Oc2cc(C(C)NC(=O)C(C)C3CNC3)ccc2NC1=O.Cl. The van der Waals surface area contributed by atoms with Crippen LogP contribution in [0.15, 0.2) is 18.2 Å². The fourth-order valence-corrected chi connectivity index (χ4v) is 3.00. The molecule has 2 heterocycles. The molecule has 3 rings (SSSR count). The minimum atomic E-state index is -0.455. The van der Waals surface area contributed by atoms with Crippen molar-refractivity contribution >= 4 is 29.9 Å². The minimum Gasteiger partial charge on any atom is -0.478 e. The Labute approximate surface area is 154 Å². The Balaban J connectivity index is 0.00000225. The van der Waals surface area contributed by atoms with Gasteiger partial charge in [0.1, 0.15) is 5.75 Å². The third-order valence-corrected chi connectivity index (χ3v) is 4.99. The van der Waals surface area contributed by atoms with Crippen LogP contribution in [0.5, 0.6) is 5.75 Å². The van der Waals surface area contributed by atoms with Gasteiger partial charge in [-0.15, -0.1) is 12.4 Å². The number of carbonyl (C=O) groups is 2. The van der Waals surface area contributed by atoms with E-state index in [1.54, 1.807) is 0 Å². The van der Waals surface area contributed by atoms with Crippen LogP contribution in [0.4, 0.5) is 5.69 Å². The molecule has 0 spiro atoms. The molecule has 7 heteroatoms. The Kier molecular flexibility index (Phi) is 6.30. The minimum absolute atomic E-state index is 0. The zero-order chi connectivity index (χ0) is 17.3. The van der Waals surface area contributed by atoms with Crippen LogP contribution in [-0.4, -0.2) is 31.0 Å². The summed E-state index contributed by atoms with van der Waals surface area (Å²) in [5.41, 5.74) is 1.65. The van der Waals surface area contributed by atoms with Gasteiger partial charge in [0.15, 0.2) is 6.10 Å². The first-order chi connectivity index (χ1) is 11.5. The van der Waals surface area contributed by atoms with Gasteiger partial charge < -0.3 is 20.7 Å². The second-order valence-electron chi connectivity index (χ2n) is 6.70. The highest BCUT2D eigenvalue weighted by atomic mass is 35.5. The Hall–Kier alpha value is -1.79. The molecule has 1 fully saturated rings. The van der Waals surface area contributed by atoms with Crippen LogP contribution < -0.4 is 20.7 Å². The fraction of sp³-hybridized carbons (Fsp3) is 0.556. The first-order valence-corrected chi connectivity index (χ1v) is 8.62. The zero-order valence-corrected chi connectivity index (χ0v) is 15.6. The highest BCUT2D eigenvalue weighted by Gasteiger charge is 2.30. The molecule has 2 amide bonds. The number of rotatable bonds is 5. The number of ether oxygens (including phenoxy) is 1. The van der Waals surface area contributed by atoms with Crippen LogP contribution in [0, 0.1) is 11.8 Å². The Morgan fingerprint density at radius 2 is 2.08 bits per heavy atom. The lowest BCUT2D eigenvalue weighted by Gasteiger charge is -2.32. The molecule has 0 bridgehead atoms. The van der Waals surface area contributed by atoms with E-state index in [4.69, 9.17) is 4.74 Å². The summed E-state index contributed by atoms with van der Waals surface area (Å²) in [4.78, 5) is 24.2. The summed E-state index contributed by atoms with van der Waals surface area (Å²) in [6, 6.07) is 5.53. The van der Waals surface area contributed by atoms with E-state index in [-0.39, 0.29) is 36.2 Å². The van der Waals surface area contributed by atoms with Gasteiger partial charge in [0.2, 0.25) is 5.91 Å². The van der Waals surface area contributed by atoms with Crippen molar-refractivity contribution in [1.29, 1.82) is 0 Å². The molecule has 3 N–H and O–H groups in total. The third kappa shape index (κ3) is 4.07. The predicted molar refractivity (Wildman–Crippen MR) is 99.1 cm³/mol. The molecule has 25 heavy (non-hydrogen) atoms. The summed E-state index contributed by atoms with van der Waals surface area (Å²) < 4.78 is 5.77. The lowest BCUT2D eigenvalue weighted by Crippen LogP contribution is -2.49. The van der Waals surface area contributed by atoms with Crippen molar-refractivity contribution < 1.29 is 14.3 Å². The molecule has 1 aromatic carbocycles. The van der Waals surface area contributed by atoms with Gasteiger partial charge in [-0.25, -0.2) is 0 Å². The molecular weight excluding hydrogens is 342 g/mol. The predicted octanol–water partition coefficient (Wildman–Crippen LogP) is 2.25. The molecule has 0 saturated carbocycles. The summed E-state index contributed by atoms with van der Waals surface area (Å²) in [7, 11) is 0. The van der Waals surface area contributed by atoms with Gasteiger partial charge in [-0.3, -0.25) is 9.59 Å². The van der Waals surface area contributed by atoms with Crippen molar-refractivity contribution in [1.82, 2.24) is 10.6 Å². The monoisotopic (exact) mass is 367 g/mol. The average molecular weight is 368 g/mol. The van der Waals surface area contributed by atoms with Crippen LogP contribution in [0.25, 0.3) is 0 Å². The standard InChI is InChI=1S/C18H25N3O3.ClH/c1-4-15-18(23)21-14-6-5-12(7-16(14)24-15)11(3)20-17(22)10(2)13-8-19-9-13;/h5-7,10-11,13,15,19H,4,8-9H2,1-3H3,(H,20,22)(H,21,23);1H. The lowest BCUT2D eigenvalue weighted by atomic mass is 9.88. The van der Waals surface area contributed by atoms with Crippen LogP contribution in [0.3, 0.4) is 0 Å². The number of fused-ring (bicyclic) bond motifs is 1. The molecule has 3 unspecified atom stereocenters. The molecule has 138 valence electrons. The molecule has 0 aliphatic carbocycles. The highest BCUT2D eigenvalue weighted by molar-refractivity contribution is 5.97. The van der Waals surface area contributed by atoms with Crippen molar-refractivity contribution in [3.8, 4) is 5.75 Å². The molecule has 0 aromatic heterocycles. The number of carbonyl (C=O) groups excluding carboxylic acids is 2. The van der Waals surface area contributed by atoms with Gasteiger partial charge in [0.25, 0.3) is 5.91 Å².